The molecule has 5 nitrogen and oxygen atoms in total. The van der Waals surface area contributed by atoms with Gasteiger partial charge in [0, 0.05) is 37.3 Å². The molecule has 24 heavy (non-hydrogen) atoms. The summed E-state index contributed by atoms with van der Waals surface area (Å²) < 4.78 is 0. The third-order valence-electron chi connectivity index (χ3n) is 4.16. The van der Waals surface area contributed by atoms with Gasteiger partial charge in [0.05, 0.1) is 10.7 Å². The number of aryl methyl sites for hydroxylation is 1. The Balaban J connectivity index is 1.80. The van der Waals surface area contributed by atoms with Gasteiger partial charge in [0.1, 0.15) is 17.5 Å². The number of halogens is 2. The summed E-state index contributed by atoms with van der Waals surface area (Å²) in [5.41, 5.74) is 0.740. The Labute approximate surface area is 152 Å². The molecular formula is C17H21Cl2N5. The highest BCUT2D eigenvalue weighted by molar-refractivity contribution is 6.35. The molecule has 0 bridgehead atoms. The van der Waals surface area contributed by atoms with Crippen molar-refractivity contribution in [3.63, 3.8) is 0 Å². The lowest BCUT2D eigenvalue weighted by molar-refractivity contribution is 0.270. The van der Waals surface area contributed by atoms with E-state index in [2.05, 4.69) is 32.0 Å². The van der Waals surface area contributed by atoms with Gasteiger partial charge in [0.15, 0.2) is 0 Å². The van der Waals surface area contributed by atoms with Crippen LogP contribution in [-0.2, 0) is 0 Å². The van der Waals surface area contributed by atoms with Gasteiger partial charge in [-0.2, -0.15) is 0 Å². The molecule has 1 aliphatic heterocycles. The van der Waals surface area contributed by atoms with Crippen LogP contribution < -0.4 is 10.2 Å². The highest BCUT2D eigenvalue weighted by Gasteiger charge is 2.18. The second-order valence-electron chi connectivity index (χ2n) is 5.83. The number of nitrogens with zero attached hydrogens (tertiary/aromatic N) is 4. The Morgan fingerprint density at radius 2 is 1.83 bits per heavy atom. The molecular weight excluding hydrogens is 345 g/mol. The van der Waals surface area contributed by atoms with Gasteiger partial charge in [-0.15, -0.1) is 0 Å². The van der Waals surface area contributed by atoms with E-state index >= 15 is 0 Å². The summed E-state index contributed by atoms with van der Waals surface area (Å²) in [5, 5.41) is 4.48. The molecule has 1 aromatic carbocycles. The van der Waals surface area contributed by atoms with E-state index in [1.165, 1.54) is 0 Å². The summed E-state index contributed by atoms with van der Waals surface area (Å²) in [7, 11) is 0. The lowest BCUT2D eigenvalue weighted by Gasteiger charge is -2.34. The predicted molar refractivity (Wildman–Crippen MR) is 101 cm³/mol. The Bertz CT molecular complexity index is 714. The second kappa shape index (κ2) is 7.55. The summed E-state index contributed by atoms with van der Waals surface area (Å²) in [6.45, 7) is 9.25. The highest BCUT2D eigenvalue weighted by Crippen LogP contribution is 2.29. The van der Waals surface area contributed by atoms with Gasteiger partial charge in [-0.3, -0.25) is 0 Å². The maximum Gasteiger partial charge on any atom is 0.136 e. The van der Waals surface area contributed by atoms with E-state index in [0.29, 0.717) is 10.0 Å². The molecule has 1 aliphatic rings. The Morgan fingerprint density at radius 1 is 1.08 bits per heavy atom. The molecule has 0 saturated carbocycles. The van der Waals surface area contributed by atoms with Crippen molar-refractivity contribution in [2.45, 2.75) is 13.8 Å². The average molecular weight is 366 g/mol. The molecule has 0 unspecified atom stereocenters. The molecule has 1 saturated heterocycles. The van der Waals surface area contributed by atoms with E-state index in [1.54, 1.807) is 18.2 Å². The van der Waals surface area contributed by atoms with Crippen molar-refractivity contribution >= 4 is 40.5 Å². The summed E-state index contributed by atoms with van der Waals surface area (Å²) in [6.07, 6.45) is 0. The minimum atomic E-state index is 0.605. The lowest BCUT2D eigenvalue weighted by atomic mass is 10.3. The molecule has 1 N–H and O–H groups in total. The second-order valence-corrected chi connectivity index (χ2v) is 6.67. The molecule has 0 radical (unpaired) electrons. The maximum atomic E-state index is 6.23. The van der Waals surface area contributed by atoms with Crippen molar-refractivity contribution in [3.8, 4) is 0 Å². The van der Waals surface area contributed by atoms with Gasteiger partial charge in [-0.1, -0.05) is 30.1 Å². The van der Waals surface area contributed by atoms with Crippen LogP contribution in [0.15, 0.2) is 24.3 Å². The number of likely N-dealkylation sites (N-methyl/N-ethyl adjacent to an activating group) is 1. The van der Waals surface area contributed by atoms with Crippen LogP contribution in [0.4, 0.5) is 17.3 Å². The Kier molecular flexibility index (Phi) is 5.43. The number of benzene rings is 1. The zero-order valence-corrected chi connectivity index (χ0v) is 15.4. The molecule has 0 amide bonds. The summed E-state index contributed by atoms with van der Waals surface area (Å²) in [6, 6.07) is 7.29. The SMILES string of the molecule is CCN1CCN(c2cc(Nc3cc(Cl)ccc3Cl)nc(C)n2)CC1. The van der Waals surface area contributed by atoms with Crippen molar-refractivity contribution < 1.29 is 0 Å². The van der Waals surface area contributed by atoms with Crippen molar-refractivity contribution in [1.29, 1.82) is 0 Å². The minimum Gasteiger partial charge on any atom is -0.354 e. The van der Waals surface area contributed by atoms with Crippen LogP contribution >= 0.6 is 23.2 Å². The molecule has 0 atom stereocenters. The van der Waals surface area contributed by atoms with Gasteiger partial charge < -0.3 is 15.1 Å². The molecule has 0 spiro atoms. The normalized spacial score (nSPS) is 15.6. The first-order valence-electron chi connectivity index (χ1n) is 8.10. The first kappa shape index (κ1) is 17.3. The number of piperazine rings is 1. The van der Waals surface area contributed by atoms with Gasteiger partial charge >= 0.3 is 0 Å². The Morgan fingerprint density at radius 3 is 2.54 bits per heavy atom. The number of hydrogen-bond acceptors (Lipinski definition) is 5. The van der Waals surface area contributed by atoms with Crippen LogP contribution in [0, 0.1) is 6.92 Å². The molecule has 1 aromatic heterocycles. The molecule has 7 heteroatoms. The molecule has 2 aromatic rings. The monoisotopic (exact) mass is 365 g/mol. The first-order chi connectivity index (χ1) is 11.5. The molecule has 3 rings (SSSR count). The van der Waals surface area contributed by atoms with Crippen LogP contribution in [0.1, 0.15) is 12.7 Å². The fourth-order valence-electron chi connectivity index (χ4n) is 2.80. The van der Waals surface area contributed by atoms with Crippen molar-refractivity contribution in [2.24, 2.45) is 0 Å². The first-order valence-corrected chi connectivity index (χ1v) is 8.86. The smallest absolute Gasteiger partial charge is 0.136 e. The Hall–Kier alpha value is -1.56. The number of hydrogen-bond donors (Lipinski definition) is 1. The average Bonchev–Trinajstić information content (AvgIpc) is 2.58. The molecule has 0 aliphatic carbocycles. The third kappa shape index (κ3) is 4.09. The topological polar surface area (TPSA) is 44.3 Å². The van der Waals surface area contributed by atoms with Crippen LogP contribution in [0.25, 0.3) is 0 Å². The maximum absolute atomic E-state index is 6.23. The van der Waals surface area contributed by atoms with Gasteiger partial charge in [0.25, 0.3) is 0 Å². The fourth-order valence-corrected chi connectivity index (χ4v) is 3.14. The van der Waals surface area contributed by atoms with Crippen LogP contribution in [0.3, 0.4) is 0 Å². The minimum absolute atomic E-state index is 0.605. The van der Waals surface area contributed by atoms with E-state index in [9.17, 15) is 0 Å². The molecule has 128 valence electrons. The van der Waals surface area contributed by atoms with E-state index in [0.717, 1.165) is 55.9 Å². The van der Waals surface area contributed by atoms with Gasteiger partial charge in [0.2, 0.25) is 0 Å². The zero-order valence-electron chi connectivity index (χ0n) is 13.9. The van der Waals surface area contributed by atoms with E-state index in [-0.39, 0.29) is 0 Å². The van der Waals surface area contributed by atoms with Crippen molar-refractivity contribution in [3.05, 3.63) is 40.1 Å². The van der Waals surface area contributed by atoms with Crippen LogP contribution in [0.2, 0.25) is 10.0 Å². The summed E-state index contributed by atoms with van der Waals surface area (Å²) in [5.74, 6) is 2.39. The summed E-state index contributed by atoms with van der Waals surface area (Å²) >= 11 is 12.3. The van der Waals surface area contributed by atoms with Crippen molar-refractivity contribution in [2.75, 3.05) is 42.9 Å². The van der Waals surface area contributed by atoms with E-state index < -0.39 is 0 Å². The molecule has 2 heterocycles. The number of nitrogens with one attached hydrogen (secondary N) is 1. The lowest BCUT2D eigenvalue weighted by Crippen LogP contribution is -2.46. The standard InChI is InChI=1S/C17H21Cl2N5/c1-3-23-6-8-24(9-7-23)17-11-16(20-12(2)21-17)22-15-10-13(18)4-5-14(15)19/h4-5,10-11H,3,6-9H2,1-2H3,(H,20,21,22). The van der Waals surface area contributed by atoms with Gasteiger partial charge in [-0.25, -0.2) is 9.97 Å². The van der Waals surface area contributed by atoms with Gasteiger partial charge in [-0.05, 0) is 31.7 Å². The summed E-state index contributed by atoms with van der Waals surface area (Å²) in [4.78, 5) is 13.8. The largest absolute Gasteiger partial charge is 0.354 e. The highest BCUT2D eigenvalue weighted by atomic mass is 35.5. The zero-order chi connectivity index (χ0) is 17.1. The van der Waals surface area contributed by atoms with Crippen LogP contribution in [0.5, 0.6) is 0 Å². The predicted octanol–water partition coefficient (Wildman–Crippen LogP) is 3.98. The number of aromatic nitrogens is 2. The molecule has 1 fully saturated rings. The van der Waals surface area contributed by atoms with E-state index in [1.807, 2.05) is 13.0 Å². The van der Waals surface area contributed by atoms with Crippen LogP contribution in [-0.4, -0.2) is 47.6 Å². The van der Waals surface area contributed by atoms with E-state index in [4.69, 9.17) is 23.2 Å². The fraction of sp³-hybridized carbons (Fsp3) is 0.412. The third-order valence-corrected chi connectivity index (χ3v) is 4.72. The number of rotatable bonds is 4. The van der Waals surface area contributed by atoms with Crippen molar-refractivity contribution in [1.82, 2.24) is 14.9 Å². The number of anilines is 3. The quantitative estimate of drug-likeness (QED) is 0.887.